The fourth-order valence-corrected chi connectivity index (χ4v) is 0.741. The molecule has 0 saturated heterocycles. The van der Waals surface area contributed by atoms with Gasteiger partial charge in [0, 0.05) is 27.3 Å². The average molecular weight is 219 g/mol. The van der Waals surface area contributed by atoms with Crippen LogP contribution in [0.2, 0.25) is 0 Å². The number of hydrogen-bond donors (Lipinski definition) is 0. The monoisotopic (exact) mass is 218 g/mol. The fourth-order valence-electron chi connectivity index (χ4n) is 0.548. The quantitative estimate of drug-likeness (QED) is 0.673. The molecule has 1 amide bonds. The highest BCUT2D eigenvalue weighted by Crippen LogP contribution is 1.97. The molecule has 0 aromatic rings. The number of amides is 1. The first-order valence-corrected chi connectivity index (χ1v) is 4.53. The maximum absolute atomic E-state index is 10.8. The molecule has 5 heteroatoms. The number of rotatable bonds is 4. The molecule has 1 atom stereocenters. The minimum absolute atomic E-state index is 0.0643. The first-order valence-electron chi connectivity index (χ1n) is 4.15. The number of methoxy groups -OCH3 is 1. The number of ether oxygens (including phenoxy) is 1. The molecule has 14 heavy (non-hydrogen) atoms. The van der Waals surface area contributed by atoms with Crippen LogP contribution in [0, 0.1) is 0 Å². The van der Waals surface area contributed by atoms with E-state index in [1.54, 1.807) is 33.4 Å². The Morgan fingerprint density at radius 1 is 1.64 bits per heavy atom. The van der Waals surface area contributed by atoms with E-state index in [0.717, 1.165) is 0 Å². The van der Waals surface area contributed by atoms with Crippen molar-refractivity contribution in [1.82, 2.24) is 4.90 Å². The molecule has 4 nitrogen and oxygen atoms in total. The molecule has 0 aromatic heterocycles. The lowest BCUT2D eigenvalue weighted by atomic mass is 10.5. The van der Waals surface area contributed by atoms with Crippen LogP contribution in [0.5, 0.6) is 0 Å². The molecule has 0 saturated carbocycles. The fraction of sp³-hybridized carbons (Fsp3) is 0.556. The molecule has 0 rings (SSSR count). The van der Waals surface area contributed by atoms with Crippen molar-refractivity contribution in [2.45, 2.75) is 20.1 Å². The van der Waals surface area contributed by atoms with Crippen molar-refractivity contribution in [2.75, 3.05) is 14.2 Å². The van der Waals surface area contributed by atoms with E-state index in [9.17, 15) is 4.79 Å². The van der Waals surface area contributed by atoms with Crippen LogP contribution in [-0.4, -0.2) is 36.4 Å². The van der Waals surface area contributed by atoms with Gasteiger partial charge in [-0.05, 0) is 13.0 Å². The first kappa shape index (κ1) is 13.1. The van der Waals surface area contributed by atoms with Crippen molar-refractivity contribution in [1.29, 1.82) is 0 Å². The zero-order chi connectivity index (χ0) is 11.1. The van der Waals surface area contributed by atoms with Crippen LogP contribution in [0.3, 0.4) is 0 Å². The maximum Gasteiger partial charge on any atom is 0.223 e. The van der Waals surface area contributed by atoms with Crippen molar-refractivity contribution < 1.29 is 9.53 Å². The van der Waals surface area contributed by atoms with Gasteiger partial charge >= 0.3 is 0 Å². The molecule has 0 aliphatic rings. The molecule has 80 valence electrons. The number of allylic oxidation sites excluding steroid dienone is 1. The summed E-state index contributed by atoms with van der Waals surface area (Å²) in [5.41, 5.74) is 0. The highest BCUT2D eigenvalue weighted by atomic mass is 35.5. The normalized spacial score (nSPS) is 14.5. The number of aliphatic imine (C=N–C) groups is 1. The minimum Gasteiger partial charge on any atom is -0.360 e. The van der Waals surface area contributed by atoms with E-state index in [0.29, 0.717) is 5.17 Å². The summed E-state index contributed by atoms with van der Waals surface area (Å²) in [6, 6.07) is 0. The van der Waals surface area contributed by atoms with E-state index in [1.807, 2.05) is 0 Å². The van der Waals surface area contributed by atoms with Crippen LogP contribution in [0.4, 0.5) is 0 Å². The lowest BCUT2D eigenvalue weighted by Gasteiger charge is -2.07. The Bertz CT molecular complexity index is 251. The summed E-state index contributed by atoms with van der Waals surface area (Å²) >= 11 is 5.75. The zero-order valence-electron chi connectivity index (χ0n) is 8.82. The lowest BCUT2D eigenvalue weighted by Crippen LogP contribution is -2.16. The molecule has 0 aliphatic heterocycles. The smallest absolute Gasteiger partial charge is 0.223 e. The number of nitrogens with zero attached hydrogens (tertiary/aromatic N) is 2. The van der Waals surface area contributed by atoms with Gasteiger partial charge in [0.05, 0.1) is 0 Å². The Morgan fingerprint density at radius 2 is 2.21 bits per heavy atom. The molecule has 0 aromatic carbocycles. The summed E-state index contributed by atoms with van der Waals surface area (Å²) in [7, 11) is 3.19. The van der Waals surface area contributed by atoms with Crippen molar-refractivity contribution in [3.8, 4) is 0 Å². The van der Waals surface area contributed by atoms with E-state index in [4.69, 9.17) is 16.3 Å². The number of halogens is 1. The molecule has 0 N–H and O–H groups in total. The van der Waals surface area contributed by atoms with E-state index in [2.05, 4.69) is 4.99 Å². The summed E-state index contributed by atoms with van der Waals surface area (Å²) in [6.45, 7) is 3.23. The van der Waals surface area contributed by atoms with Gasteiger partial charge in [0.1, 0.15) is 11.4 Å². The van der Waals surface area contributed by atoms with Gasteiger partial charge in [-0.1, -0.05) is 11.6 Å². The van der Waals surface area contributed by atoms with Gasteiger partial charge in [-0.3, -0.25) is 4.79 Å². The summed E-state index contributed by atoms with van der Waals surface area (Å²) in [4.78, 5) is 16.2. The average Bonchev–Trinajstić information content (AvgIpc) is 2.13. The Labute approximate surface area is 89.2 Å². The topological polar surface area (TPSA) is 41.9 Å². The summed E-state index contributed by atoms with van der Waals surface area (Å²) in [6.07, 6.45) is 2.81. The van der Waals surface area contributed by atoms with E-state index < -0.39 is 0 Å². The Balaban J connectivity index is 4.23. The molecule has 0 spiro atoms. The molecular weight excluding hydrogens is 204 g/mol. The highest BCUT2D eigenvalue weighted by Gasteiger charge is 1.98. The van der Waals surface area contributed by atoms with Gasteiger partial charge in [-0.15, -0.1) is 0 Å². The SMILES string of the molecule is COC(C)N=C(Cl)/C=C/N(C)C(C)=O. The van der Waals surface area contributed by atoms with Crippen LogP contribution in [0.15, 0.2) is 17.3 Å². The van der Waals surface area contributed by atoms with Gasteiger partial charge in [0.2, 0.25) is 5.91 Å². The van der Waals surface area contributed by atoms with Crippen LogP contribution in [0.1, 0.15) is 13.8 Å². The van der Waals surface area contributed by atoms with Gasteiger partial charge in [0.25, 0.3) is 0 Å². The van der Waals surface area contributed by atoms with Crippen LogP contribution < -0.4 is 0 Å². The first-order chi connectivity index (χ1) is 6.47. The van der Waals surface area contributed by atoms with E-state index in [-0.39, 0.29) is 12.1 Å². The molecule has 0 radical (unpaired) electrons. The second-order valence-corrected chi connectivity index (χ2v) is 3.12. The van der Waals surface area contributed by atoms with E-state index in [1.165, 1.54) is 11.8 Å². The van der Waals surface area contributed by atoms with Crippen molar-refractivity contribution >= 4 is 22.7 Å². The van der Waals surface area contributed by atoms with Crippen molar-refractivity contribution in [3.05, 3.63) is 12.3 Å². The largest absolute Gasteiger partial charge is 0.360 e. The Kier molecular flexibility index (Phi) is 6.16. The standard InChI is InChI=1S/C9H15ClN2O2/c1-7(14-4)11-9(10)5-6-12(3)8(2)13/h5-7H,1-4H3/b6-5+,11-9?. The second kappa shape index (κ2) is 6.56. The third kappa shape index (κ3) is 5.72. The Hall–Kier alpha value is -0.870. The van der Waals surface area contributed by atoms with E-state index >= 15 is 0 Å². The number of carbonyl (C=O) groups is 1. The minimum atomic E-state index is -0.283. The predicted molar refractivity (Wildman–Crippen MR) is 57.3 cm³/mol. The van der Waals surface area contributed by atoms with Crippen LogP contribution in [0.25, 0.3) is 0 Å². The molecule has 0 heterocycles. The molecule has 0 aliphatic carbocycles. The lowest BCUT2D eigenvalue weighted by molar-refractivity contribution is -0.125. The van der Waals surface area contributed by atoms with Gasteiger partial charge in [-0.25, -0.2) is 4.99 Å². The summed E-state index contributed by atoms with van der Waals surface area (Å²) in [5.74, 6) is -0.0643. The van der Waals surface area contributed by atoms with Gasteiger partial charge in [-0.2, -0.15) is 0 Å². The Morgan fingerprint density at radius 3 is 2.64 bits per heavy atom. The third-order valence-corrected chi connectivity index (χ3v) is 1.80. The molecule has 0 fully saturated rings. The predicted octanol–water partition coefficient (Wildman–Crippen LogP) is 1.61. The third-order valence-electron chi connectivity index (χ3n) is 1.58. The summed E-state index contributed by atoms with van der Waals surface area (Å²) < 4.78 is 4.89. The molecule has 1 unspecified atom stereocenters. The highest BCUT2D eigenvalue weighted by molar-refractivity contribution is 6.68. The van der Waals surface area contributed by atoms with Crippen molar-refractivity contribution in [2.24, 2.45) is 4.99 Å². The van der Waals surface area contributed by atoms with Gasteiger partial charge < -0.3 is 9.64 Å². The molecule has 0 bridgehead atoms. The zero-order valence-corrected chi connectivity index (χ0v) is 9.58. The maximum atomic E-state index is 10.8. The van der Waals surface area contributed by atoms with Crippen LogP contribution in [-0.2, 0) is 9.53 Å². The number of carbonyl (C=O) groups excluding carboxylic acids is 1. The van der Waals surface area contributed by atoms with Crippen molar-refractivity contribution in [3.63, 3.8) is 0 Å². The number of hydrogen-bond acceptors (Lipinski definition) is 3. The van der Waals surface area contributed by atoms with Gasteiger partial charge in [0.15, 0.2) is 0 Å². The summed E-state index contributed by atoms with van der Waals surface area (Å²) in [5, 5.41) is 0.299. The molecular formula is C9H15ClN2O2. The second-order valence-electron chi connectivity index (χ2n) is 2.73. The van der Waals surface area contributed by atoms with Crippen LogP contribution >= 0.6 is 11.6 Å².